The molecule has 0 unspecified atom stereocenters. The zero-order valence-corrected chi connectivity index (χ0v) is 13.2. The van der Waals surface area contributed by atoms with Crippen molar-refractivity contribution in [2.45, 2.75) is 6.61 Å². The average Bonchev–Trinajstić information content (AvgIpc) is 2.55. The van der Waals surface area contributed by atoms with E-state index in [9.17, 15) is 23.3 Å². The van der Waals surface area contributed by atoms with E-state index in [-0.39, 0.29) is 12.4 Å². The molecule has 0 N–H and O–H groups in total. The highest BCUT2D eigenvalue weighted by molar-refractivity contribution is 5.59. The minimum Gasteiger partial charge on any atom is -0.489 e. The summed E-state index contributed by atoms with van der Waals surface area (Å²) in [7, 11) is 1.64. The zero-order valence-electron chi connectivity index (χ0n) is 13.2. The Kier molecular flexibility index (Phi) is 6.04. The average molecular weight is 356 g/mol. The van der Waals surface area contributed by atoms with Crippen LogP contribution < -0.4 is 14.4 Å². The van der Waals surface area contributed by atoms with Crippen LogP contribution in [0, 0.1) is 15.9 Å². The lowest BCUT2D eigenvalue weighted by molar-refractivity contribution is -0.386. The number of anilines is 1. The molecule has 134 valence electrons. The van der Waals surface area contributed by atoms with Crippen molar-refractivity contribution in [3.05, 3.63) is 58.4 Å². The van der Waals surface area contributed by atoms with Gasteiger partial charge in [0.25, 0.3) is 0 Å². The van der Waals surface area contributed by atoms with Gasteiger partial charge in [0.05, 0.1) is 11.5 Å². The number of ether oxygens (including phenoxy) is 2. The van der Waals surface area contributed by atoms with Crippen LogP contribution in [0.25, 0.3) is 0 Å². The fraction of sp³-hybridized carbons (Fsp3) is 0.250. The maximum Gasteiger partial charge on any atom is 0.387 e. The molecule has 25 heavy (non-hydrogen) atoms. The van der Waals surface area contributed by atoms with Gasteiger partial charge in [0.15, 0.2) is 11.6 Å². The number of benzene rings is 2. The summed E-state index contributed by atoms with van der Waals surface area (Å²) < 4.78 is 47.8. The van der Waals surface area contributed by atoms with Crippen molar-refractivity contribution in [1.82, 2.24) is 0 Å². The Hall–Kier alpha value is -2.97. The first-order chi connectivity index (χ1) is 11.9. The number of hydrogen-bond acceptors (Lipinski definition) is 5. The molecule has 2 aromatic rings. The van der Waals surface area contributed by atoms with Crippen LogP contribution in [0.2, 0.25) is 0 Å². The Labute approximate surface area is 141 Å². The monoisotopic (exact) mass is 356 g/mol. The maximum atomic E-state index is 13.4. The Morgan fingerprint density at radius 2 is 1.92 bits per heavy atom. The molecule has 0 radical (unpaired) electrons. The summed E-state index contributed by atoms with van der Waals surface area (Å²) in [4.78, 5) is 11.7. The minimum atomic E-state index is -3.18. The molecule has 6 nitrogen and oxygen atoms in total. The Bertz CT molecular complexity index is 743. The van der Waals surface area contributed by atoms with Crippen molar-refractivity contribution in [3.8, 4) is 11.5 Å². The number of likely N-dealkylation sites (N-methyl/N-ethyl adjacent to an activating group) is 1. The molecular formula is C16H15F3N2O4. The standard InChI is InChI=1S/C16H15F3N2O4/c1-20(8-9-24-14-5-3-2-4-12(14)17)11-6-7-13(21(22)23)15(10-11)25-16(18)19/h2-7,10,16H,8-9H2,1H3. The second-order valence-corrected chi connectivity index (χ2v) is 4.99. The Balaban J connectivity index is 2.04. The molecule has 0 bridgehead atoms. The molecule has 2 aromatic carbocycles. The smallest absolute Gasteiger partial charge is 0.387 e. The van der Waals surface area contributed by atoms with E-state index in [2.05, 4.69) is 4.74 Å². The van der Waals surface area contributed by atoms with Gasteiger partial charge < -0.3 is 14.4 Å². The van der Waals surface area contributed by atoms with E-state index in [1.165, 1.54) is 24.3 Å². The molecule has 0 amide bonds. The summed E-state index contributed by atoms with van der Waals surface area (Å²) >= 11 is 0. The van der Waals surface area contributed by atoms with Gasteiger partial charge in [-0.05, 0) is 18.2 Å². The van der Waals surface area contributed by atoms with E-state index in [1.54, 1.807) is 18.0 Å². The van der Waals surface area contributed by atoms with E-state index in [0.717, 1.165) is 12.1 Å². The predicted octanol–water partition coefficient (Wildman–Crippen LogP) is 3.85. The third-order valence-corrected chi connectivity index (χ3v) is 3.32. The number of hydrogen-bond donors (Lipinski definition) is 0. The highest BCUT2D eigenvalue weighted by Gasteiger charge is 2.20. The summed E-state index contributed by atoms with van der Waals surface area (Å²) in [5.41, 5.74) is -0.140. The third-order valence-electron chi connectivity index (χ3n) is 3.32. The van der Waals surface area contributed by atoms with Crippen molar-refractivity contribution in [2.75, 3.05) is 25.1 Å². The molecule has 9 heteroatoms. The summed E-state index contributed by atoms with van der Waals surface area (Å²) in [6.45, 7) is -2.76. The van der Waals surface area contributed by atoms with Crippen molar-refractivity contribution in [3.63, 3.8) is 0 Å². The van der Waals surface area contributed by atoms with Crippen LogP contribution in [0.1, 0.15) is 0 Å². The van der Waals surface area contributed by atoms with E-state index < -0.39 is 28.8 Å². The van der Waals surface area contributed by atoms with Gasteiger partial charge in [-0.2, -0.15) is 8.78 Å². The molecule has 0 saturated heterocycles. The summed E-state index contributed by atoms with van der Waals surface area (Å²) in [6.07, 6.45) is 0. The van der Waals surface area contributed by atoms with Crippen LogP contribution in [0.15, 0.2) is 42.5 Å². The Morgan fingerprint density at radius 3 is 2.56 bits per heavy atom. The third kappa shape index (κ3) is 5.00. The molecule has 0 atom stereocenters. The van der Waals surface area contributed by atoms with E-state index >= 15 is 0 Å². The number of halogens is 3. The first kappa shape index (κ1) is 18.4. The highest BCUT2D eigenvalue weighted by Crippen LogP contribution is 2.32. The lowest BCUT2D eigenvalue weighted by Crippen LogP contribution is -2.24. The lowest BCUT2D eigenvalue weighted by atomic mass is 10.2. The molecule has 0 fully saturated rings. The molecule has 0 spiro atoms. The number of para-hydroxylation sites is 1. The van der Waals surface area contributed by atoms with E-state index in [0.29, 0.717) is 12.2 Å². The van der Waals surface area contributed by atoms with E-state index in [4.69, 9.17) is 4.74 Å². The number of nitrogens with zero attached hydrogens (tertiary/aromatic N) is 2. The van der Waals surface area contributed by atoms with Crippen LogP contribution in [-0.4, -0.2) is 31.7 Å². The highest BCUT2D eigenvalue weighted by atomic mass is 19.3. The van der Waals surface area contributed by atoms with Gasteiger partial charge in [-0.1, -0.05) is 12.1 Å². The van der Waals surface area contributed by atoms with Crippen molar-refractivity contribution >= 4 is 11.4 Å². The molecule has 0 aliphatic heterocycles. The quantitative estimate of drug-likeness (QED) is 0.531. The largest absolute Gasteiger partial charge is 0.489 e. The fourth-order valence-corrected chi connectivity index (χ4v) is 2.06. The second kappa shape index (κ2) is 8.22. The summed E-state index contributed by atoms with van der Waals surface area (Å²) in [6, 6.07) is 9.55. The van der Waals surface area contributed by atoms with Gasteiger partial charge in [0.2, 0.25) is 5.75 Å². The maximum absolute atomic E-state index is 13.4. The van der Waals surface area contributed by atoms with Crippen LogP contribution in [0.3, 0.4) is 0 Å². The molecule has 2 rings (SSSR count). The van der Waals surface area contributed by atoms with Crippen molar-refractivity contribution in [2.24, 2.45) is 0 Å². The van der Waals surface area contributed by atoms with Crippen LogP contribution in [0.5, 0.6) is 11.5 Å². The van der Waals surface area contributed by atoms with Crippen LogP contribution in [-0.2, 0) is 0 Å². The van der Waals surface area contributed by atoms with Gasteiger partial charge in [-0.25, -0.2) is 4.39 Å². The van der Waals surface area contributed by atoms with Crippen molar-refractivity contribution < 1.29 is 27.6 Å². The fourth-order valence-electron chi connectivity index (χ4n) is 2.06. The number of nitro groups is 1. The molecule has 0 aliphatic rings. The predicted molar refractivity (Wildman–Crippen MR) is 84.9 cm³/mol. The lowest BCUT2D eigenvalue weighted by Gasteiger charge is -2.20. The second-order valence-electron chi connectivity index (χ2n) is 4.99. The molecule has 0 saturated carbocycles. The van der Waals surface area contributed by atoms with Gasteiger partial charge in [0.1, 0.15) is 6.61 Å². The van der Waals surface area contributed by atoms with E-state index in [1.807, 2.05) is 0 Å². The van der Waals surface area contributed by atoms with Crippen LogP contribution >= 0.6 is 0 Å². The first-order valence-electron chi connectivity index (χ1n) is 7.20. The topological polar surface area (TPSA) is 64.8 Å². The van der Waals surface area contributed by atoms with Gasteiger partial charge in [0, 0.05) is 24.9 Å². The first-order valence-corrected chi connectivity index (χ1v) is 7.20. The normalized spacial score (nSPS) is 10.6. The molecule has 0 heterocycles. The van der Waals surface area contributed by atoms with Crippen molar-refractivity contribution in [1.29, 1.82) is 0 Å². The summed E-state index contributed by atoms with van der Waals surface area (Å²) in [5, 5.41) is 10.9. The molecular weight excluding hydrogens is 341 g/mol. The molecule has 0 aliphatic carbocycles. The number of rotatable bonds is 8. The van der Waals surface area contributed by atoms with Gasteiger partial charge >= 0.3 is 12.3 Å². The summed E-state index contributed by atoms with van der Waals surface area (Å²) in [5.74, 6) is -0.922. The minimum absolute atomic E-state index is 0.0984. The zero-order chi connectivity index (χ0) is 18.4. The SMILES string of the molecule is CN(CCOc1ccccc1F)c1ccc([N+](=O)[O-])c(OC(F)F)c1. The number of alkyl halides is 2. The number of nitro benzene ring substituents is 1. The van der Waals surface area contributed by atoms with Gasteiger partial charge in [-0.3, -0.25) is 10.1 Å². The Morgan fingerprint density at radius 1 is 1.20 bits per heavy atom. The van der Waals surface area contributed by atoms with Gasteiger partial charge in [-0.15, -0.1) is 0 Å². The molecule has 0 aromatic heterocycles. The van der Waals surface area contributed by atoms with Crippen LogP contribution in [0.4, 0.5) is 24.5 Å².